The minimum absolute atomic E-state index is 0.0589. The monoisotopic (exact) mass is 306 g/mol. The van der Waals surface area contributed by atoms with E-state index in [2.05, 4.69) is 10.6 Å². The second kappa shape index (κ2) is 6.64. The van der Waals surface area contributed by atoms with E-state index in [1.807, 2.05) is 4.90 Å². The number of amides is 2. The molecule has 2 rings (SSSR count). The molecule has 0 bridgehead atoms. The van der Waals surface area contributed by atoms with Gasteiger partial charge in [-0.1, -0.05) is 24.4 Å². The third-order valence-corrected chi connectivity index (χ3v) is 3.65. The summed E-state index contributed by atoms with van der Waals surface area (Å²) in [7, 11) is 0. The Kier molecular flexibility index (Phi) is 4.87. The molecule has 2 amide bonds. The predicted octanol–water partition coefficient (Wildman–Crippen LogP) is 0.0796. The Hall–Kier alpha value is -1.99. The Bertz CT molecular complexity index is 576. The zero-order valence-electron chi connectivity index (χ0n) is 11.8. The quantitative estimate of drug-likeness (QED) is 0.686. The SMILES string of the molecule is CC(C(=O)Nc1cccc(C(N)=S)c1)N1CCNC(=O)C1. The smallest absolute Gasteiger partial charge is 0.241 e. The molecule has 21 heavy (non-hydrogen) atoms. The standard InChI is InChI=1S/C14H18N4O2S/c1-9(18-6-5-16-12(19)8-18)14(20)17-11-4-2-3-10(7-11)13(15)21/h2-4,7,9H,5-6,8H2,1H3,(H2,15,21)(H,16,19)(H,17,20). The molecule has 1 aromatic carbocycles. The molecule has 112 valence electrons. The molecule has 0 saturated carbocycles. The van der Waals surface area contributed by atoms with Crippen LogP contribution in [0.25, 0.3) is 0 Å². The summed E-state index contributed by atoms with van der Waals surface area (Å²) in [5.74, 6) is -0.221. The van der Waals surface area contributed by atoms with Crippen LogP contribution in [0, 0.1) is 0 Å². The average Bonchev–Trinajstić information content (AvgIpc) is 2.46. The lowest BCUT2D eigenvalue weighted by Crippen LogP contribution is -2.53. The summed E-state index contributed by atoms with van der Waals surface area (Å²) in [5.41, 5.74) is 6.91. The first-order valence-electron chi connectivity index (χ1n) is 6.69. The molecule has 1 aliphatic rings. The maximum atomic E-state index is 12.3. The first kappa shape index (κ1) is 15.4. The third kappa shape index (κ3) is 3.99. The van der Waals surface area contributed by atoms with E-state index in [0.29, 0.717) is 24.3 Å². The van der Waals surface area contributed by atoms with Crippen molar-refractivity contribution in [1.82, 2.24) is 10.2 Å². The average molecular weight is 306 g/mol. The van der Waals surface area contributed by atoms with Crippen LogP contribution in [0.2, 0.25) is 0 Å². The number of hydrogen-bond donors (Lipinski definition) is 3. The van der Waals surface area contributed by atoms with Gasteiger partial charge in [0.05, 0.1) is 12.6 Å². The van der Waals surface area contributed by atoms with Crippen molar-refractivity contribution in [2.45, 2.75) is 13.0 Å². The van der Waals surface area contributed by atoms with Crippen molar-refractivity contribution < 1.29 is 9.59 Å². The maximum absolute atomic E-state index is 12.3. The third-order valence-electron chi connectivity index (χ3n) is 3.41. The highest BCUT2D eigenvalue weighted by Gasteiger charge is 2.25. The summed E-state index contributed by atoms with van der Waals surface area (Å²) in [6.45, 7) is 3.24. The molecule has 0 radical (unpaired) electrons. The largest absolute Gasteiger partial charge is 0.389 e. The number of carbonyl (C=O) groups excluding carboxylic acids is 2. The number of nitrogens with zero attached hydrogens (tertiary/aromatic N) is 1. The van der Waals surface area contributed by atoms with E-state index in [0.717, 1.165) is 0 Å². The van der Waals surface area contributed by atoms with Crippen LogP contribution in [-0.4, -0.2) is 47.4 Å². The molecular formula is C14H18N4O2S. The molecule has 1 aromatic rings. The number of piperazine rings is 1. The Morgan fingerprint density at radius 3 is 2.95 bits per heavy atom. The van der Waals surface area contributed by atoms with Crippen LogP contribution in [0.3, 0.4) is 0 Å². The fourth-order valence-corrected chi connectivity index (χ4v) is 2.28. The summed E-state index contributed by atoms with van der Waals surface area (Å²) in [5, 5.41) is 5.56. The minimum Gasteiger partial charge on any atom is -0.389 e. The second-order valence-corrected chi connectivity index (χ2v) is 5.37. The van der Waals surface area contributed by atoms with E-state index in [1.165, 1.54) is 0 Å². The molecule has 0 spiro atoms. The van der Waals surface area contributed by atoms with Gasteiger partial charge in [0, 0.05) is 24.3 Å². The predicted molar refractivity (Wildman–Crippen MR) is 85.0 cm³/mol. The first-order valence-corrected chi connectivity index (χ1v) is 7.09. The van der Waals surface area contributed by atoms with Crippen molar-refractivity contribution >= 4 is 34.7 Å². The van der Waals surface area contributed by atoms with E-state index >= 15 is 0 Å². The number of thiocarbonyl (C=S) groups is 1. The molecule has 7 heteroatoms. The molecular weight excluding hydrogens is 288 g/mol. The first-order chi connectivity index (χ1) is 9.97. The second-order valence-electron chi connectivity index (χ2n) is 4.93. The van der Waals surface area contributed by atoms with Crippen molar-refractivity contribution in [2.24, 2.45) is 5.73 Å². The van der Waals surface area contributed by atoms with Gasteiger partial charge in [-0.3, -0.25) is 14.5 Å². The fourth-order valence-electron chi connectivity index (χ4n) is 2.15. The normalized spacial score (nSPS) is 16.9. The van der Waals surface area contributed by atoms with Gasteiger partial charge in [-0.2, -0.15) is 0 Å². The van der Waals surface area contributed by atoms with Crippen molar-refractivity contribution in [3.05, 3.63) is 29.8 Å². The van der Waals surface area contributed by atoms with E-state index in [-0.39, 0.29) is 29.4 Å². The van der Waals surface area contributed by atoms with Gasteiger partial charge in [0.2, 0.25) is 11.8 Å². The Morgan fingerprint density at radius 1 is 1.52 bits per heavy atom. The lowest BCUT2D eigenvalue weighted by atomic mass is 10.2. The molecule has 6 nitrogen and oxygen atoms in total. The lowest BCUT2D eigenvalue weighted by molar-refractivity contribution is -0.127. The van der Waals surface area contributed by atoms with E-state index in [9.17, 15) is 9.59 Å². The summed E-state index contributed by atoms with van der Waals surface area (Å²) < 4.78 is 0. The van der Waals surface area contributed by atoms with Crippen molar-refractivity contribution in [3.8, 4) is 0 Å². The molecule has 0 aliphatic carbocycles. The molecule has 1 heterocycles. The van der Waals surface area contributed by atoms with Gasteiger partial charge in [0.15, 0.2) is 0 Å². The Morgan fingerprint density at radius 2 is 2.29 bits per heavy atom. The highest BCUT2D eigenvalue weighted by Crippen LogP contribution is 2.12. The molecule has 1 unspecified atom stereocenters. The number of nitrogens with two attached hydrogens (primary N) is 1. The van der Waals surface area contributed by atoms with Crippen LogP contribution in [0.4, 0.5) is 5.69 Å². The summed E-state index contributed by atoms with van der Waals surface area (Å²) in [6.07, 6.45) is 0. The highest BCUT2D eigenvalue weighted by molar-refractivity contribution is 7.80. The van der Waals surface area contributed by atoms with Gasteiger partial charge in [-0.15, -0.1) is 0 Å². The lowest BCUT2D eigenvalue weighted by Gasteiger charge is -2.31. The van der Waals surface area contributed by atoms with Gasteiger partial charge < -0.3 is 16.4 Å². The number of carbonyl (C=O) groups is 2. The zero-order valence-corrected chi connectivity index (χ0v) is 12.6. The van der Waals surface area contributed by atoms with Gasteiger partial charge in [0.25, 0.3) is 0 Å². The van der Waals surface area contributed by atoms with Crippen LogP contribution in [0.5, 0.6) is 0 Å². The zero-order chi connectivity index (χ0) is 15.4. The molecule has 4 N–H and O–H groups in total. The van der Waals surface area contributed by atoms with Crippen LogP contribution >= 0.6 is 12.2 Å². The van der Waals surface area contributed by atoms with Crippen molar-refractivity contribution in [1.29, 1.82) is 0 Å². The molecule has 0 aromatic heterocycles. The van der Waals surface area contributed by atoms with E-state index in [1.54, 1.807) is 31.2 Å². The molecule has 1 saturated heterocycles. The number of rotatable bonds is 4. The fraction of sp³-hybridized carbons (Fsp3) is 0.357. The van der Waals surface area contributed by atoms with Crippen LogP contribution < -0.4 is 16.4 Å². The maximum Gasteiger partial charge on any atom is 0.241 e. The Labute approximate surface area is 128 Å². The van der Waals surface area contributed by atoms with E-state index in [4.69, 9.17) is 18.0 Å². The van der Waals surface area contributed by atoms with Crippen LogP contribution in [-0.2, 0) is 9.59 Å². The van der Waals surface area contributed by atoms with Gasteiger partial charge in [-0.25, -0.2) is 0 Å². The summed E-state index contributed by atoms with van der Waals surface area (Å²) in [4.78, 5) is 25.7. The number of benzene rings is 1. The number of nitrogens with one attached hydrogen (secondary N) is 2. The van der Waals surface area contributed by atoms with Gasteiger partial charge in [-0.05, 0) is 19.1 Å². The Balaban J connectivity index is 2.01. The molecule has 1 atom stereocenters. The topological polar surface area (TPSA) is 87.5 Å². The van der Waals surface area contributed by atoms with Gasteiger partial charge >= 0.3 is 0 Å². The molecule has 1 aliphatic heterocycles. The van der Waals surface area contributed by atoms with Crippen molar-refractivity contribution in [2.75, 3.05) is 25.0 Å². The minimum atomic E-state index is -0.385. The number of hydrogen-bond acceptors (Lipinski definition) is 4. The summed E-state index contributed by atoms with van der Waals surface area (Å²) in [6, 6.07) is 6.69. The van der Waals surface area contributed by atoms with Crippen LogP contribution in [0.15, 0.2) is 24.3 Å². The van der Waals surface area contributed by atoms with Crippen LogP contribution in [0.1, 0.15) is 12.5 Å². The van der Waals surface area contributed by atoms with Crippen molar-refractivity contribution in [3.63, 3.8) is 0 Å². The molecule has 1 fully saturated rings. The van der Waals surface area contributed by atoms with E-state index < -0.39 is 0 Å². The highest BCUT2D eigenvalue weighted by atomic mass is 32.1. The summed E-state index contributed by atoms with van der Waals surface area (Å²) >= 11 is 4.91. The van der Waals surface area contributed by atoms with Gasteiger partial charge in [0.1, 0.15) is 4.99 Å². The number of anilines is 1.